The van der Waals surface area contributed by atoms with Gasteiger partial charge in [-0.2, -0.15) is 4.98 Å². The Hall–Kier alpha value is -3.39. The minimum absolute atomic E-state index is 0.293. The van der Waals surface area contributed by atoms with Crippen molar-refractivity contribution < 1.29 is 8.42 Å². The molecule has 5 rings (SSSR count). The monoisotopic (exact) mass is 583 g/mol. The second kappa shape index (κ2) is 10.5. The molecular weight excluding hydrogens is 558 g/mol. The summed E-state index contributed by atoms with van der Waals surface area (Å²) in [6, 6.07) is 12.7. The molecule has 37 heavy (non-hydrogen) atoms. The molecule has 1 saturated heterocycles. The highest BCUT2D eigenvalue weighted by atomic mass is 79.9. The molecule has 2 aromatic heterocycles. The zero-order valence-corrected chi connectivity index (χ0v) is 22.5. The molecule has 0 saturated carbocycles. The van der Waals surface area contributed by atoms with Crippen molar-refractivity contribution in [2.75, 3.05) is 48.8 Å². The lowest BCUT2D eigenvalue weighted by molar-refractivity contribution is 0.312. The second-order valence-electron chi connectivity index (χ2n) is 8.83. The van der Waals surface area contributed by atoms with E-state index in [0.717, 1.165) is 48.7 Å². The number of nitrogens with two attached hydrogens (primary N) is 1. The summed E-state index contributed by atoms with van der Waals surface area (Å²) in [5.41, 5.74) is 3.45. The van der Waals surface area contributed by atoms with Crippen molar-refractivity contribution in [2.24, 2.45) is 5.14 Å². The molecule has 0 bridgehead atoms. The van der Waals surface area contributed by atoms with Crippen molar-refractivity contribution in [3.8, 4) is 0 Å². The molecule has 1 aliphatic heterocycles. The van der Waals surface area contributed by atoms with Crippen molar-refractivity contribution >= 4 is 65.9 Å². The topological polar surface area (TPSA) is 142 Å². The summed E-state index contributed by atoms with van der Waals surface area (Å²) in [6.07, 6.45) is 3.43. The number of nitrogens with one attached hydrogen (secondary N) is 2. The Labute approximate surface area is 223 Å². The van der Waals surface area contributed by atoms with Crippen LogP contribution < -0.4 is 20.7 Å². The molecule has 13 heteroatoms. The first-order valence-electron chi connectivity index (χ1n) is 11.6. The average molecular weight is 585 g/mol. The number of likely N-dealkylation sites (N-methyl/N-ethyl adjacent to an activating group) is 1. The third-order valence-electron chi connectivity index (χ3n) is 5.98. The van der Waals surface area contributed by atoms with Gasteiger partial charge >= 0.3 is 0 Å². The van der Waals surface area contributed by atoms with Gasteiger partial charge in [-0.15, -0.1) is 0 Å². The predicted molar refractivity (Wildman–Crippen MR) is 149 cm³/mol. The normalized spacial score (nSPS) is 14.6. The lowest BCUT2D eigenvalue weighted by Gasteiger charge is -2.33. The molecule has 0 aliphatic carbocycles. The van der Waals surface area contributed by atoms with Crippen molar-refractivity contribution in [1.82, 2.24) is 24.8 Å². The Bertz CT molecular complexity index is 1540. The highest BCUT2D eigenvalue weighted by Gasteiger charge is 2.16. The van der Waals surface area contributed by atoms with Crippen molar-refractivity contribution in [1.29, 1.82) is 0 Å². The van der Waals surface area contributed by atoms with E-state index in [1.54, 1.807) is 30.5 Å². The quantitative estimate of drug-likeness (QED) is 0.296. The Kier molecular flexibility index (Phi) is 7.20. The molecular formula is C24H26BrN9O2S. The van der Waals surface area contributed by atoms with Crippen molar-refractivity contribution in [3.05, 3.63) is 64.9 Å². The van der Waals surface area contributed by atoms with E-state index in [2.05, 4.69) is 58.4 Å². The summed E-state index contributed by atoms with van der Waals surface area (Å²) in [6.45, 7) is 3.87. The fourth-order valence-electron chi connectivity index (χ4n) is 4.02. The van der Waals surface area contributed by atoms with Crippen LogP contribution in [0.3, 0.4) is 0 Å². The summed E-state index contributed by atoms with van der Waals surface area (Å²) in [4.78, 5) is 22.9. The number of aromatic nitrogens is 4. The van der Waals surface area contributed by atoms with E-state index >= 15 is 0 Å². The Morgan fingerprint density at radius 1 is 0.973 bits per heavy atom. The van der Waals surface area contributed by atoms with E-state index < -0.39 is 10.0 Å². The molecule has 0 amide bonds. The molecule has 11 nitrogen and oxygen atoms in total. The van der Waals surface area contributed by atoms with Crippen LogP contribution in [0.5, 0.6) is 0 Å². The summed E-state index contributed by atoms with van der Waals surface area (Å²) in [5, 5.41) is 11.6. The van der Waals surface area contributed by atoms with Gasteiger partial charge in [0.25, 0.3) is 0 Å². The number of sulfonamides is 1. The van der Waals surface area contributed by atoms with Gasteiger partial charge in [0.05, 0.1) is 27.5 Å². The highest BCUT2D eigenvalue weighted by molar-refractivity contribution is 9.10. The molecule has 192 valence electrons. The largest absolute Gasteiger partial charge is 0.353 e. The molecule has 2 aromatic carbocycles. The standard InChI is InChI=1S/C24H26BrN9O2S/c1-33-8-10-34(11-9-33)22-14-27-21-12-17(6-7-20(21)30-22)29-24-28-13-18(25)23(32-24)31-19-5-3-2-4-16(19)15-37(26,35)36/h2-7,12-14H,8-11,15H2,1H3,(H2,26,35,36)(H2,28,29,31,32). The third kappa shape index (κ3) is 6.31. The second-order valence-corrected chi connectivity index (χ2v) is 11.3. The number of rotatable bonds is 7. The molecule has 0 spiro atoms. The van der Waals surface area contributed by atoms with Gasteiger partial charge in [-0.05, 0) is 52.8 Å². The van der Waals surface area contributed by atoms with Crippen LogP contribution in [-0.4, -0.2) is 66.5 Å². The van der Waals surface area contributed by atoms with Gasteiger partial charge in [0.15, 0.2) is 0 Å². The van der Waals surface area contributed by atoms with E-state index in [0.29, 0.717) is 27.5 Å². The van der Waals surface area contributed by atoms with Gasteiger partial charge in [0.2, 0.25) is 16.0 Å². The maximum atomic E-state index is 11.6. The first kappa shape index (κ1) is 25.3. The molecule has 0 atom stereocenters. The number of hydrogen-bond acceptors (Lipinski definition) is 10. The van der Waals surface area contributed by atoms with Gasteiger partial charge in [-0.1, -0.05) is 18.2 Å². The summed E-state index contributed by atoms with van der Waals surface area (Å²) >= 11 is 3.45. The van der Waals surface area contributed by atoms with Gasteiger partial charge in [-0.25, -0.2) is 23.5 Å². The van der Waals surface area contributed by atoms with Crippen LogP contribution in [-0.2, 0) is 15.8 Å². The number of piperazine rings is 1. The number of hydrogen-bond donors (Lipinski definition) is 3. The Morgan fingerprint density at radius 2 is 1.76 bits per heavy atom. The third-order valence-corrected chi connectivity index (χ3v) is 7.28. The number of fused-ring (bicyclic) bond motifs is 1. The lowest BCUT2D eigenvalue weighted by atomic mass is 10.2. The Balaban J connectivity index is 1.34. The maximum Gasteiger partial charge on any atom is 0.229 e. The summed E-state index contributed by atoms with van der Waals surface area (Å²) in [7, 11) is -1.57. The average Bonchev–Trinajstić information content (AvgIpc) is 2.86. The molecule has 1 aliphatic rings. The van der Waals surface area contributed by atoms with Crippen LogP contribution in [0, 0.1) is 0 Å². The first-order chi connectivity index (χ1) is 17.7. The molecule has 0 unspecified atom stereocenters. The number of nitrogens with zero attached hydrogens (tertiary/aromatic N) is 6. The van der Waals surface area contributed by atoms with Gasteiger partial charge in [0.1, 0.15) is 11.6 Å². The van der Waals surface area contributed by atoms with Gasteiger partial charge < -0.3 is 20.4 Å². The van der Waals surface area contributed by atoms with Crippen molar-refractivity contribution in [2.45, 2.75) is 5.75 Å². The smallest absolute Gasteiger partial charge is 0.229 e. The van der Waals surface area contributed by atoms with Gasteiger partial charge in [-0.3, -0.25) is 4.98 Å². The number of benzene rings is 2. The fraction of sp³-hybridized carbons (Fsp3) is 0.250. The predicted octanol–water partition coefficient (Wildman–Crippen LogP) is 3.21. The molecule has 4 aromatic rings. The van der Waals surface area contributed by atoms with Crippen LogP contribution in [0.2, 0.25) is 0 Å². The molecule has 4 N–H and O–H groups in total. The molecule has 1 fully saturated rings. The van der Waals surface area contributed by atoms with Gasteiger partial charge in [0, 0.05) is 43.8 Å². The number of anilines is 5. The van der Waals surface area contributed by atoms with E-state index in [9.17, 15) is 8.42 Å². The SMILES string of the molecule is CN1CCN(c2cnc3cc(Nc4ncc(Br)c(Nc5ccccc5CS(N)(=O)=O)n4)ccc3n2)CC1. The zero-order valence-electron chi connectivity index (χ0n) is 20.1. The summed E-state index contributed by atoms with van der Waals surface area (Å²) in [5.74, 6) is 1.42. The first-order valence-corrected chi connectivity index (χ1v) is 14.1. The van der Waals surface area contributed by atoms with E-state index in [-0.39, 0.29) is 5.75 Å². The maximum absolute atomic E-state index is 11.6. The number of para-hydroxylation sites is 1. The van der Waals surface area contributed by atoms with E-state index in [1.807, 2.05) is 24.4 Å². The van der Waals surface area contributed by atoms with Crippen LogP contribution in [0.15, 0.2) is 59.3 Å². The summed E-state index contributed by atoms with van der Waals surface area (Å²) < 4.78 is 23.9. The van der Waals surface area contributed by atoms with E-state index in [1.165, 1.54) is 0 Å². The minimum atomic E-state index is -3.69. The van der Waals surface area contributed by atoms with Crippen LogP contribution in [0.4, 0.5) is 29.0 Å². The van der Waals surface area contributed by atoms with Crippen LogP contribution in [0.1, 0.15) is 5.56 Å². The van der Waals surface area contributed by atoms with Crippen LogP contribution in [0.25, 0.3) is 11.0 Å². The highest BCUT2D eigenvalue weighted by Crippen LogP contribution is 2.28. The molecule has 3 heterocycles. The minimum Gasteiger partial charge on any atom is -0.353 e. The fourth-order valence-corrected chi connectivity index (χ4v) is 5.00. The van der Waals surface area contributed by atoms with Crippen LogP contribution >= 0.6 is 15.9 Å². The van der Waals surface area contributed by atoms with E-state index in [4.69, 9.17) is 10.1 Å². The lowest BCUT2D eigenvalue weighted by Crippen LogP contribution is -2.44. The Morgan fingerprint density at radius 3 is 2.54 bits per heavy atom. The van der Waals surface area contributed by atoms with Crippen molar-refractivity contribution in [3.63, 3.8) is 0 Å². The number of primary sulfonamides is 1. The zero-order chi connectivity index (χ0) is 26.0. The number of halogens is 1. The molecule has 0 radical (unpaired) electrons.